The highest BCUT2D eigenvalue weighted by atomic mass is 16.5. The van der Waals surface area contributed by atoms with E-state index in [1.807, 2.05) is 54.6 Å². The average Bonchev–Trinajstić information content (AvgIpc) is 3.27. The van der Waals surface area contributed by atoms with Crippen LogP contribution >= 0.6 is 0 Å². The molecular formula is C24H21N3O3. The standard InChI is InChI=1S/C24H21N3O3/c1-29-22-10-6-5-9-20(22)21-15-23(27-26-21)25-24(28)18-11-13-19(14-12-18)30-16-17-7-3-2-4-8-17/h2-15H,16H2,1H3,(H2,25,26,27,28). The molecule has 0 aliphatic heterocycles. The van der Waals surface area contributed by atoms with Crippen LogP contribution in [0.1, 0.15) is 15.9 Å². The van der Waals surface area contributed by atoms with Crippen molar-refractivity contribution < 1.29 is 14.3 Å². The molecule has 0 unspecified atom stereocenters. The van der Waals surface area contributed by atoms with Gasteiger partial charge in [0.25, 0.3) is 5.91 Å². The second-order valence-corrected chi connectivity index (χ2v) is 6.62. The Labute approximate surface area is 174 Å². The monoisotopic (exact) mass is 399 g/mol. The third-order valence-electron chi connectivity index (χ3n) is 4.58. The van der Waals surface area contributed by atoms with Gasteiger partial charge in [-0.2, -0.15) is 5.10 Å². The summed E-state index contributed by atoms with van der Waals surface area (Å²) < 4.78 is 11.1. The van der Waals surface area contributed by atoms with Crippen LogP contribution in [0.3, 0.4) is 0 Å². The minimum Gasteiger partial charge on any atom is -0.496 e. The number of amides is 1. The van der Waals surface area contributed by atoms with E-state index in [1.54, 1.807) is 37.4 Å². The summed E-state index contributed by atoms with van der Waals surface area (Å²) in [5, 5.41) is 9.91. The van der Waals surface area contributed by atoms with Gasteiger partial charge in [-0.05, 0) is 42.0 Å². The van der Waals surface area contributed by atoms with Crippen LogP contribution in [0.5, 0.6) is 11.5 Å². The molecule has 30 heavy (non-hydrogen) atoms. The van der Waals surface area contributed by atoms with Crippen LogP contribution in [0.25, 0.3) is 11.3 Å². The maximum Gasteiger partial charge on any atom is 0.256 e. The van der Waals surface area contributed by atoms with Crippen LogP contribution in [-0.2, 0) is 6.61 Å². The molecule has 0 saturated carbocycles. The van der Waals surface area contributed by atoms with E-state index in [0.717, 1.165) is 22.6 Å². The van der Waals surface area contributed by atoms with E-state index < -0.39 is 0 Å². The van der Waals surface area contributed by atoms with Crippen LogP contribution in [0.2, 0.25) is 0 Å². The van der Waals surface area contributed by atoms with Crippen molar-refractivity contribution in [2.75, 3.05) is 12.4 Å². The summed E-state index contributed by atoms with van der Waals surface area (Å²) in [5.74, 6) is 1.62. The number of para-hydroxylation sites is 1. The number of aromatic nitrogens is 2. The van der Waals surface area contributed by atoms with E-state index in [2.05, 4.69) is 15.5 Å². The summed E-state index contributed by atoms with van der Waals surface area (Å²) in [6.45, 7) is 0.478. The Balaban J connectivity index is 1.39. The average molecular weight is 399 g/mol. The molecule has 0 saturated heterocycles. The SMILES string of the molecule is COc1ccccc1-c1cc(NC(=O)c2ccc(OCc3ccccc3)cc2)n[nH]1. The fourth-order valence-corrected chi connectivity index (χ4v) is 3.02. The Morgan fingerprint density at radius 3 is 2.47 bits per heavy atom. The number of carbonyl (C=O) groups excluding carboxylic acids is 1. The van der Waals surface area contributed by atoms with E-state index in [1.165, 1.54) is 0 Å². The van der Waals surface area contributed by atoms with Gasteiger partial charge >= 0.3 is 0 Å². The molecule has 0 bridgehead atoms. The summed E-state index contributed by atoms with van der Waals surface area (Å²) >= 11 is 0. The highest BCUT2D eigenvalue weighted by molar-refractivity contribution is 6.04. The number of hydrogen-bond donors (Lipinski definition) is 2. The van der Waals surface area contributed by atoms with Gasteiger partial charge in [-0.1, -0.05) is 42.5 Å². The lowest BCUT2D eigenvalue weighted by atomic mass is 10.1. The molecule has 0 aliphatic rings. The first kappa shape index (κ1) is 19.3. The molecule has 1 aromatic heterocycles. The molecule has 2 N–H and O–H groups in total. The summed E-state index contributed by atoms with van der Waals surface area (Å²) in [7, 11) is 1.62. The van der Waals surface area contributed by atoms with Crippen molar-refractivity contribution in [1.29, 1.82) is 0 Å². The molecule has 1 amide bonds. The lowest BCUT2D eigenvalue weighted by Crippen LogP contribution is -2.12. The normalized spacial score (nSPS) is 10.4. The van der Waals surface area contributed by atoms with E-state index in [9.17, 15) is 4.79 Å². The number of H-pyrrole nitrogens is 1. The van der Waals surface area contributed by atoms with Crippen molar-refractivity contribution in [2.45, 2.75) is 6.61 Å². The number of ether oxygens (including phenoxy) is 2. The van der Waals surface area contributed by atoms with Gasteiger partial charge in [0.2, 0.25) is 0 Å². The van der Waals surface area contributed by atoms with E-state index in [0.29, 0.717) is 23.7 Å². The Kier molecular flexibility index (Phi) is 5.75. The molecule has 4 rings (SSSR count). The number of methoxy groups -OCH3 is 1. The van der Waals surface area contributed by atoms with Crippen LogP contribution in [0.15, 0.2) is 84.9 Å². The topological polar surface area (TPSA) is 76.2 Å². The smallest absolute Gasteiger partial charge is 0.256 e. The summed E-state index contributed by atoms with van der Waals surface area (Å²) in [4.78, 5) is 12.5. The molecule has 0 spiro atoms. The number of nitrogens with one attached hydrogen (secondary N) is 2. The Bertz CT molecular complexity index is 1120. The predicted molar refractivity (Wildman–Crippen MR) is 116 cm³/mol. The zero-order valence-corrected chi connectivity index (χ0v) is 16.5. The quantitative estimate of drug-likeness (QED) is 0.463. The molecule has 150 valence electrons. The number of hydrogen-bond acceptors (Lipinski definition) is 4. The maximum absolute atomic E-state index is 12.5. The molecular weight excluding hydrogens is 378 g/mol. The molecule has 6 heteroatoms. The van der Waals surface area contributed by atoms with Crippen LogP contribution in [0.4, 0.5) is 5.82 Å². The van der Waals surface area contributed by atoms with Gasteiger partial charge in [0.05, 0.1) is 12.8 Å². The van der Waals surface area contributed by atoms with Crippen molar-refractivity contribution in [3.63, 3.8) is 0 Å². The van der Waals surface area contributed by atoms with Crippen LogP contribution in [0, 0.1) is 0 Å². The number of carbonyl (C=O) groups is 1. The predicted octanol–water partition coefficient (Wildman–Crippen LogP) is 4.92. The van der Waals surface area contributed by atoms with Crippen LogP contribution in [-0.4, -0.2) is 23.2 Å². The highest BCUT2D eigenvalue weighted by Gasteiger charge is 2.12. The van der Waals surface area contributed by atoms with Crippen molar-refractivity contribution in [3.8, 4) is 22.8 Å². The molecule has 4 aromatic rings. The first-order chi connectivity index (χ1) is 14.7. The molecule has 3 aromatic carbocycles. The van der Waals surface area contributed by atoms with E-state index in [4.69, 9.17) is 9.47 Å². The number of aromatic amines is 1. The summed E-state index contributed by atoms with van der Waals surface area (Å²) in [6, 6.07) is 26.3. The highest BCUT2D eigenvalue weighted by Crippen LogP contribution is 2.29. The number of rotatable bonds is 7. The van der Waals surface area contributed by atoms with Crippen LogP contribution < -0.4 is 14.8 Å². The molecule has 0 fully saturated rings. The van der Waals surface area contributed by atoms with Crippen molar-refractivity contribution >= 4 is 11.7 Å². The second kappa shape index (κ2) is 8.96. The third-order valence-corrected chi connectivity index (χ3v) is 4.58. The van der Waals surface area contributed by atoms with Gasteiger partial charge in [0, 0.05) is 17.2 Å². The van der Waals surface area contributed by atoms with Gasteiger partial charge in [-0.15, -0.1) is 0 Å². The van der Waals surface area contributed by atoms with Gasteiger partial charge < -0.3 is 14.8 Å². The van der Waals surface area contributed by atoms with Gasteiger partial charge in [0.15, 0.2) is 5.82 Å². The lowest BCUT2D eigenvalue weighted by Gasteiger charge is -2.07. The molecule has 0 atom stereocenters. The molecule has 6 nitrogen and oxygen atoms in total. The third kappa shape index (κ3) is 4.50. The van der Waals surface area contributed by atoms with Gasteiger partial charge in [0.1, 0.15) is 18.1 Å². The first-order valence-electron chi connectivity index (χ1n) is 9.50. The summed E-state index contributed by atoms with van der Waals surface area (Å²) in [6.07, 6.45) is 0. The Morgan fingerprint density at radius 1 is 0.967 bits per heavy atom. The van der Waals surface area contributed by atoms with Crippen molar-refractivity contribution in [3.05, 3.63) is 96.1 Å². The fourth-order valence-electron chi connectivity index (χ4n) is 3.02. The largest absolute Gasteiger partial charge is 0.496 e. The molecule has 0 aliphatic carbocycles. The second-order valence-electron chi connectivity index (χ2n) is 6.62. The zero-order chi connectivity index (χ0) is 20.8. The van der Waals surface area contributed by atoms with Crippen molar-refractivity contribution in [1.82, 2.24) is 10.2 Å². The number of nitrogens with zero attached hydrogens (tertiary/aromatic N) is 1. The molecule has 1 heterocycles. The van der Waals surface area contributed by atoms with Crippen molar-refractivity contribution in [2.24, 2.45) is 0 Å². The number of anilines is 1. The molecule has 0 radical (unpaired) electrons. The fraction of sp³-hybridized carbons (Fsp3) is 0.0833. The minimum atomic E-state index is -0.248. The number of benzene rings is 3. The lowest BCUT2D eigenvalue weighted by molar-refractivity contribution is 0.102. The maximum atomic E-state index is 12.5. The minimum absolute atomic E-state index is 0.248. The summed E-state index contributed by atoms with van der Waals surface area (Å²) in [5.41, 5.74) is 3.23. The zero-order valence-electron chi connectivity index (χ0n) is 16.5. The van der Waals surface area contributed by atoms with E-state index in [-0.39, 0.29) is 5.91 Å². The van der Waals surface area contributed by atoms with Gasteiger partial charge in [-0.3, -0.25) is 9.89 Å². The Morgan fingerprint density at radius 2 is 1.70 bits per heavy atom. The Hall–Kier alpha value is -4.06. The first-order valence-corrected chi connectivity index (χ1v) is 9.50. The van der Waals surface area contributed by atoms with E-state index >= 15 is 0 Å². The van der Waals surface area contributed by atoms with Gasteiger partial charge in [-0.25, -0.2) is 0 Å².